The second-order valence-electron chi connectivity index (χ2n) is 7.02. The number of fused-ring (bicyclic) bond motifs is 1. The third-order valence-corrected chi connectivity index (χ3v) is 4.98. The number of imidazole rings is 1. The lowest BCUT2D eigenvalue weighted by molar-refractivity contribution is 0.166. The number of benzene rings is 1. The second-order valence-corrected chi connectivity index (χ2v) is 7.02. The highest BCUT2D eigenvalue weighted by Gasteiger charge is 2.22. The molecule has 1 fully saturated rings. The van der Waals surface area contributed by atoms with E-state index in [2.05, 4.69) is 25.4 Å². The number of anilines is 1. The SMILES string of the molecule is Cc1ccc(-c2nnc(N[C@@H]3CCCN(CCO)C3)c3nccn23)c(O)c1. The molecule has 1 saturated heterocycles. The van der Waals surface area contributed by atoms with Crippen LogP contribution >= 0.6 is 0 Å². The van der Waals surface area contributed by atoms with Crippen LogP contribution in [-0.2, 0) is 0 Å². The molecule has 1 atom stereocenters. The Morgan fingerprint density at radius 3 is 3.00 bits per heavy atom. The zero-order valence-corrected chi connectivity index (χ0v) is 15.3. The number of nitrogens with zero attached hydrogens (tertiary/aromatic N) is 5. The van der Waals surface area contributed by atoms with Gasteiger partial charge in [0, 0.05) is 31.5 Å². The van der Waals surface area contributed by atoms with Crippen molar-refractivity contribution in [2.45, 2.75) is 25.8 Å². The number of aliphatic hydroxyl groups excluding tert-OH is 1. The van der Waals surface area contributed by atoms with Crippen LogP contribution < -0.4 is 5.32 Å². The molecule has 0 spiro atoms. The topological polar surface area (TPSA) is 98.8 Å². The van der Waals surface area contributed by atoms with E-state index < -0.39 is 0 Å². The largest absolute Gasteiger partial charge is 0.507 e. The highest BCUT2D eigenvalue weighted by molar-refractivity contribution is 5.71. The Morgan fingerprint density at radius 1 is 1.30 bits per heavy atom. The molecule has 142 valence electrons. The molecular weight excluding hydrogens is 344 g/mol. The maximum Gasteiger partial charge on any atom is 0.192 e. The van der Waals surface area contributed by atoms with Gasteiger partial charge in [-0.1, -0.05) is 6.07 Å². The highest BCUT2D eigenvalue weighted by atomic mass is 16.3. The molecule has 0 unspecified atom stereocenters. The first-order valence-electron chi connectivity index (χ1n) is 9.25. The predicted molar refractivity (Wildman–Crippen MR) is 103 cm³/mol. The van der Waals surface area contributed by atoms with Gasteiger partial charge >= 0.3 is 0 Å². The van der Waals surface area contributed by atoms with Crippen molar-refractivity contribution in [2.75, 3.05) is 31.6 Å². The number of phenols is 1. The summed E-state index contributed by atoms with van der Waals surface area (Å²) >= 11 is 0. The van der Waals surface area contributed by atoms with Crippen LogP contribution in [0.3, 0.4) is 0 Å². The molecule has 0 saturated carbocycles. The summed E-state index contributed by atoms with van der Waals surface area (Å²) in [4.78, 5) is 6.68. The van der Waals surface area contributed by atoms with Crippen LogP contribution in [0.4, 0.5) is 5.82 Å². The minimum absolute atomic E-state index is 0.172. The molecule has 1 aromatic carbocycles. The van der Waals surface area contributed by atoms with Gasteiger partial charge in [-0.05, 0) is 44.0 Å². The molecule has 3 heterocycles. The molecule has 2 aromatic heterocycles. The number of aryl methyl sites for hydroxylation is 1. The molecule has 4 rings (SSSR count). The average Bonchev–Trinajstić information content (AvgIpc) is 3.14. The Bertz CT molecular complexity index is 939. The smallest absolute Gasteiger partial charge is 0.192 e. The lowest BCUT2D eigenvalue weighted by Crippen LogP contribution is -2.43. The molecular formula is C19H24N6O2. The summed E-state index contributed by atoms with van der Waals surface area (Å²) in [6.45, 7) is 4.66. The Hall–Kier alpha value is -2.71. The van der Waals surface area contributed by atoms with Crippen molar-refractivity contribution in [2.24, 2.45) is 0 Å². The molecule has 3 N–H and O–H groups in total. The van der Waals surface area contributed by atoms with Crippen LogP contribution in [-0.4, -0.2) is 67.0 Å². The van der Waals surface area contributed by atoms with Crippen LogP contribution in [0, 0.1) is 6.92 Å². The van der Waals surface area contributed by atoms with Gasteiger partial charge in [0.25, 0.3) is 0 Å². The van der Waals surface area contributed by atoms with Crippen molar-refractivity contribution in [3.8, 4) is 17.1 Å². The Morgan fingerprint density at radius 2 is 2.19 bits per heavy atom. The van der Waals surface area contributed by atoms with Gasteiger partial charge < -0.3 is 15.5 Å². The summed E-state index contributed by atoms with van der Waals surface area (Å²) in [6, 6.07) is 5.72. The van der Waals surface area contributed by atoms with Gasteiger partial charge in [-0.3, -0.25) is 9.30 Å². The third kappa shape index (κ3) is 3.58. The molecule has 27 heavy (non-hydrogen) atoms. The van der Waals surface area contributed by atoms with Crippen molar-refractivity contribution >= 4 is 11.5 Å². The number of hydrogen-bond acceptors (Lipinski definition) is 7. The number of likely N-dealkylation sites (tertiary alicyclic amines) is 1. The van der Waals surface area contributed by atoms with E-state index in [0.717, 1.165) is 31.5 Å². The number of aromatic hydroxyl groups is 1. The predicted octanol–water partition coefficient (Wildman–Crippen LogP) is 1.67. The molecule has 1 aliphatic rings. The standard InChI is InChI=1S/C19H24N6O2/c1-13-4-5-15(16(27)11-13)18-23-22-17(19-20-6-8-25(18)19)21-14-3-2-7-24(12-14)9-10-26/h4-6,8,11,14,26-27H,2-3,7,9-10,12H2,1H3,(H,21,22)/t14-/m1/s1. The van der Waals surface area contributed by atoms with Crippen molar-refractivity contribution in [3.05, 3.63) is 36.2 Å². The first kappa shape index (κ1) is 17.7. The van der Waals surface area contributed by atoms with E-state index in [9.17, 15) is 5.11 Å². The fourth-order valence-electron chi connectivity index (χ4n) is 3.66. The zero-order chi connectivity index (χ0) is 18.8. The number of aliphatic hydroxyl groups is 1. The molecule has 1 aliphatic heterocycles. The van der Waals surface area contributed by atoms with E-state index in [0.29, 0.717) is 29.4 Å². The lowest BCUT2D eigenvalue weighted by Gasteiger charge is -2.32. The Kier molecular flexibility index (Phi) is 4.91. The van der Waals surface area contributed by atoms with Crippen LogP contribution in [0.15, 0.2) is 30.6 Å². The summed E-state index contributed by atoms with van der Waals surface area (Å²) in [5, 5.41) is 31.7. The quantitative estimate of drug-likeness (QED) is 0.630. The monoisotopic (exact) mass is 368 g/mol. The molecule has 0 amide bonds. The molecule has 0 bridgehead atoms. The minimum atomic E-state index is 0.172. The van der Waals surface area contributed by atoms with Crippen LogP contribution in [0.5, 0.6) is 5.75 Å². The number of β-amino-alcohol motifs (C(OH)–C–C–N with tert-alkyl or cyclic N) is 1. The van der Waals surface area contributed by atoms with Gasteiger partial charge in [-0.15, -0.1) is 10.2 Å². The summed E-state index contributed by atoms with van der Waals surface area (Å²) < 4.78 is 1.84. The number of aromatic nitrogens is 4. The fourth-order valence-corrected chi connectivity index (χ4v) is 3.66. The van der Waals surface area contributed by atoms with Gasteiger partial charge in [0.2, 0.25) is 0 Å². The maximum absolute atomic E-state index is 10.3. The first-order valence-corrected chi connectivity index (χ1v) is 9.25. The number of hydrogen-bond donors (Lipinski definition) is 3. The summed E-state index contributed by atoms with van der Waals surface area (Å²) in [5.41, 5.74) is 2.28. The first-order chi connectivity index (χ1) is 13.2. The zero-order valence-electron chi connectivity index (χ0n) is 15.3. The van der Waals surface area contributed by atoms with Crippen LogP contribution in [0.2, 0.25) is 0 Å². The van der Waals surface area contributed by atoms with Crippen molar-refractivity contribution in [1.82, 2.24) is 24.5 Å². The molecule has 8 nitrogen and oxygen atoms in total. The normalized spacial score (nSPS) is 18.1. The van der Waals surface area contributed by atoms with Gasteiger partial charge in [0.15, 0.2) is 17.3 Å². The molecule has 0 radical (unpaired) electrons. The third-order valence-electron chi connectivity index (χ3n) is 4.98. The fraction of sp³-hybridized carbons (Fsp3) is 0.421. The van der Waals surface area contributed by atoms with Gasteiger partial charge in [-0.25, -0.2) is 4.98 Å². The summed E-state index contributed by atoms with van der Waals surface area (Å²) in [6.07, 6.45) is 5.64. The number of nitrogens with one attached hydrogen (secondary N) is 1. The molecule has 8 heteroatoms. The summed E-state index contributed by atoms with van der Waals surface area (Å²) in [5.74, 6) is 1.36. The van der Waals surface area contributed by atoms with E-state index in [1.807, 2.05) is 29.7 Å². The number of piperidine rings is 1. The van der Waals surface area contributed by atoms with Gasteiger partial charge in [-0.2, -0.15) is 0 Å². The van der Waals surface area contributed by atoms with Gasteiger partial charge in [0.1, 0.15) is 5.75 Å². The van der Waals surface area contributed by atoms with Crippen molar-refractivity contribution in [1.29, 1.82) is 0 Å². The van der Waals surface area contributed by atoms with E-state index in [1.165, 1.54) is 0 Å². The maximum atomic E-state index is 10.3. The Labute approximate surface area is 157 Å². The Balaban J connectivity index is 1.63. The van der Waals surface area contributed by atoms with E-state index >= 15 is 0 Å². The van der Waals surface area contributed by atoms with Crippen molar-refractivity contribution < 1.29 is 10.2 Å². The van der Waals surface area contributed by atoms with E-state index in [4.69, 9.17) is 5.11 Å². The summed E-state index contributed by atoms with van der Waals surface area (Å²) in [7, 11) is 0. The van der Waals surface area contributed by atoms with Crippen LogP contribution in [0.25, 0.3) is 17.0 Å². The van der Waals surface area contributed by atoms with E-state index in [-0.39, 0.29) is 18.4 Å². The van der Waals surface area contributed by atoms with E-state index in [1.54, 1.807) is 12.3 Å². The van der Waals surface area contributed by atoms with Crippen molar-refractivity contribution in [3.63, 3.8) is 0 Å². The highest BCUT2D eigenvalue weighted by Crippen LogP contribution is 2.30. The van der Waals surface area contributed by atoms with Gasteiger partial charge in [0.05, 0.1) is 12.2 Å². The average molecular weight is 368 g/mol. The number of phenolic OH excluding ortho intramolecular Hbond substituents is 1. The molecule has 0 aliphatic carbocycles. The van der Waals surface area contributed by atoms with Crippen LogP contribution in [0.1, 0.15) is 18.4 Å². The molecule has 3 aromatic rings. The second kappa shape index (κ2) is 7.50. The minimum Gasteiger partial charge on any atom is -0.507 e. The number of rotatable bonds is 5. The lowest BCUT2D eigenvalue weighted by atomic mass is 10.1.